The Morgan fingerprint density at radius 2 is 1.33 bits per heavy atom. The van der Waals surface area contributed by atoms with Crippen molar-refractivity contribution in [3.8, 4) is 0 Å². The van der Waals surface area contributed by atoms with Gasteiger partial charge in [0.2, 0.25) is 0 Å². The Bertz CT molecular complexity index is 377. The Morgan fingerprint density at radius 3 is 1.88 bits per heavy atom. The lowest BCUT2D eigenvalue weighted by atomic mass is 10.1. The minimum Gasteiger partial charge on any atom is -1.00 e. The van der Waals surface area contributed by atoms with Gasteiger partial charge >= 0.3 is 0 Å². The molecule has 1 unspecified atom stereocenters. The van der Waals surface area contributed by atoms with Crippen LogP contribution in [0.3, 0.4) is 0 Å². The van der Waals surface area contributed by atoms with Crippen LogP contribution in [-0.2, 0) is 17.3 Å². The molecule has 0 radical (unpaired) electrons. The fourth-order valence-electron chi connectivity index (χ4n) is 2.94. The number of unbranched alkanes of at least 4 members (excludes halogenated alkanes) is 9. The van der Waals surface area contributed by atoms with E-state index in [-0.39, 0.29) is 12.4 Å². The fourth-order valence-corrected chi connectivity index (χ4v) is 4.55. The van der Waals surface area contributed by atoms with Crippen LogP contribution in [0.4, 0.5) is 0 Å². The summed E-state index contributed by atoms with van der Waals surface area (Å²) in [5, 5.41) is 2.21. The van der Waals surface area contributed by atoms with Gasteiger partial charge in [-0.25, -0.2) is 0 Å². The molecular formula is C22H37ClS. The van der Waals surface area contributed by atoms with Crippen molar-refractivity contribution in [1.29, 1.82) is 0 Å². The molecule has 0 heterocycles. The first-order valence-corrected chi connectivity index (χ1v) is 11.3. The monoisotopic (exact) mass is 368 g/mol. The first-order valence-electron chi connectivity index (χ1n) is 9.69. The Hall–Kier alpha value is -0.400. The summed E-state index contributed by atoms with van der Waals surface area (Å²) in [5.74, 6) is 2.64. The summed E-state index contributed by atoms with van der Waals surface area (Å²) < 4.78 is 0. The summed E-state index contributed by atoms with van der Waals surface area (Å²) in [6.45, 7) is 6.34. The van der Waals surface area contributed by atoms with E-state index in [1.54, 1.807) is 0 Å². The molecule has 0 bridgehead atoms. The molecule has 138 valence electrons. The van der Waals surface area contributed by atoms with Crippen molar-refractivity contribution in [2.24, 2.45) is 0 Å². The largest absolute Gasteiger partial charge is 1.00 e. The van der Waals surface area contributed by atoms with Crippen LogP contribution >= 0.6 is 0 Å². The van der Waals surface area contributed by atoms with Crippen molar-refractivity contribution >= 4 is 10.9 Å². The average Bonchev–Trinajstić information content (AvgIpc) is 2.60. The second-order valence-corrected chi connectivity index (χ2v) is 8.75. The standard InChI is InChI=1S/C22H37S.ClH/c1-3-5-6-7-8-9-10-11-12-16-20-23(4-2)21-19-22-17-14-13-15-18-22;/h4,13-15,17-18H,2-3,5-12,16,19-21H2,1H3;1H/q+1;/p-1. The molecule has 0 aliphatic rings. The molecule has 0 aliphatic heterocycles. The lowest BCUT2D eigenvalue weighted by molar-refractivity contribution is -0.00000492. The van der Waals surface area contributed by atoms with Crippen molar-refractivity contribution in [2.75, 3.05) is 11.5 Å². The number of benzene rings is 1. The van der Waals surface area contributed by atoms with E-state index in [0.29, 0.717) is 10.9 Å². The molecule has 0 aliphatic carbocycles. The molecule has 1 atom stereocenters. The number of hydrogen-bond acceptors (Lipinski definition) is 0. The molecule has 0 fully saturated rings. The van der Waals surface area contributed by atoms with Crippen molar-refractivity contribution < 1.29 is 12.4 Å². The normalized spacial score (nSPS) is 11.7. The third kappa shape index (κ3) is 13.0. The summed E-state index contributed by atoms with van der Waals surface area (Å²) in [5.41, 5.74) is 1.47. The van der Waals surface area contributed by atoms with Gasteiger partial charge in [-0.15, -0.1) is 0 Å². The third-order valence-electron chi connectivity index (χ3n) is 4.49. The lowest BCUT2D eigenvalue weighted by Crippen LogP contribution is -3.00. The Morgan fingerprint density at radius 1 is 0.792 bits per heavy atom. The highest BCUT2D eigenvalue weighted by Gasteiger charge is 2.13. The Kier molecular flexibility index (Phi) is 17.1. The molecule has 1 aromatic carbocycles. The first kappa shape index (κ1) is 23.6. The predicted octanol–water partition coefficient (Wildman–Crippen LogP) is 3.92. The number of halogens is 1. The maximum Gasteiger partial charge on any atom is 0.117 e. The van der Waals surface area contributed by atoms with E-state index in [9.17, 15) is 0 Å². The molecule has 1 aromatic rings. The topological polar surface area (TPSA) is 0 Å². The molecular weight excluding hydrogens is 332 g/mol. The Labute approximate surface area is 160 Å². The summed E-state index contributed by atoms with van der Waals surface area (Å²) in [7, 11) is 0.419. The van der Waals surface area contributed by atoms with Gasteiger partial charge < -0.3 is 12.4 Å². The number of rotatable bonds is 15. The van der Waals surface area contributed by atoms with Crippen molar-refractivity contribution in [2.45, 2.75) is 77.6 Å². The van der Waals surface area contributed by atoms with Crippen molar-refractivity contribution in [1.82, 2.24) is 0 Å². The highest BCUT2D eigenvalue weighted by molar-refractivity contribution is 7.99. The molecule has 0 aromatic heterocycles. The first-order chi connectivity index (χ1) is 11.4. The van der Waals surface area contributed by atoms with Gasteiger partial charge in [0.1, 0.15) is 16.9 Å². The minimum atomic E-state index is 0. The average molecular weight is 369 g/mol. The van der Waals surface area contributed by atoms with Crippen molar-refractivity contribution in [3.05, 3.63) is 47.9 Å². The van der Waals surface area contributed by atoms with Crippen LogP contribution in [-0.4, -0.2) is 11.5 Å². The summed E-state index contributed by atoms with van der Waals surface area (Å²) in [4.78, 5) is 0. The molecule has 2 heteroatoms. The van der Waals surface area contributed by atoms with Crippen LogP contribution in [0, 0.1) is 0 Å². The van der Waals surface area contributed by atoms with E-state index in [2.05, 4.69) is 49.2 Å². The molecule has 24 heavy (non-hydrogen) atoms. The van der Waals surface area contributed by atoms with Gasteiger partial charge in [-0.05, 0) is 18.4 Å². The predicted molar refractivity (Wildman–Crippen MR) is 109 cm³/mol. The second kappa shape index (κ2) is 17.4. The van der Waals surface area contributed by atoms with E-state index in [1.807, 2.05) is 0 Å². The zero-order valence-corrected chi connectivity index (χ0v) is 17.2. The molecule has 0 saturated heterocycles. The van der Waals surface area contributed by atoms with E-state index < -0.39 is 0 Å². The molecule has 0 N–H and O–H groups in total. The highest BCUT2D eigenvalue weighted by Crippen LogP contribution is 2.12. The number of aryl methyl sites for hydroxylation is 1. The smallest absolute Gasteiger partial charge is 0.117 e. The van der Waals surface area contributed by atoms with Gasteiger partial charge in [0.15, 0.2) is 0 Å². The van der Waals surface area contributed by atoms with Gasteiger partial charge in [0.25, 0.3) is 0 Å². The third-order valence-corrected chi connectivity index (χ3v) is 6.50. The fraction of sp³-hybridized carbons (Fsp3) is 0.636. The number of hydrogen-bond donors (Lipinski definition) is 0. The van der Waals surface area contributed by atoms with E-state index in [4.69, 9.17) is 0 Å². The lowest BCUT2D eigenvalue weighted by Gasteiger charge is -2.05. The van der Waals surface area contributed by atoms with E-state index in [1.165, 1.54) is 87.7 Å². The van der Waals surface area contributed by atoms with Gasteiger partial charge in [-0.2, -0.15) is 0 Å². The van der Waals surface area contributed by atoms with Gasteiger partial charge in [0, 0.05) is 17.3 Å². The highest BCUT2D eigenvalue weighted by atomic mass is 35.5. The zero-order chi connectivity index (χ0) is 16.6. The summed E-state index contributed by atoms with van der Waals surface area (Å²) in [6, 6.07) is 10.9. The molecule has 0 spiro atoms. The van der Waals surface area contributed by atoms with Crippen LogP contribution < -0.4 is 12.4 Å². The molecule has 0 saturated carbocycles. The van der Waals surface area contributed by atoms with E-state index in [0.717, 1.165) is 0 Å². The van der Waals surface area contributed by atoms with Gasteiger partial charge in [-0.1, -0.05) is 95.2 Å². The van der Waals surface area contributed by atoms with Crippen LogP contribution in [0.25, 0.3) is 0 Å². The summed E-state index contributed by atoms with van der Waals surface area (Å²) in [6.07, 6.45) is 15.5. The van der Waals surface area contributed by atoms with Crippen molar-refractivity contribution in [3.63, 3.8) is 0 Å². The maximum atomic E-state index is 4.05. The van der Waals surface area contributed by atoms with Crippen LogP contribution in [0.5, 0.6) is 0 Å². The van der Waals surface area contributed by atoms with Crippen LogP contribution in [0.1, 0.15) is 76.7 Å². The van der Waals surface area contributed by atoms with E-state index >= 15 is 0 Å². The molecule has 0 amide bonds. The molecule has 1 rings (SSSR count). The zero-order valence-electron chi connectivity index (χ0n) is 15.6. The van der Waals surface area contributed by atoms with Gasteiger partial charge in [0.05, 0.1) is 0 Å². The van der Waals surface area contributed by atoms with Crippen LogP contribution in [0.15, 0.2) is 42.3 Å². The maximum absolute atomic E-state index is 4.05. The minimum absolute atomic E-state index is 0. The SMILES string of the molecule is C=C[S+](CCCCCCCCCCCC)CCc1ccccc1.[Cl-]. The quantitative estimate of drug-likeness (QED) is 0.325. The Balaban J connectivity index is 0.00000529. The summed E-state index contributed by atoms with van der Waals surface area (Å²) >= 11 is 0. The van der Waals surface area contributed by atoms with Crippen LogP contribution in [0.2, 0.25) is 0 Å². The second-order valence-electron chi connectivity index (χ2n) is 6.53. The molecule has 0 nitrogen and oxygen atoms in total. The van der Waals surface area contributed by atoms with Gasteiger partial charge in [-0.3, -0.25) is 0 Å².